The number of anilines is 1. The lowest BCUT2D eigenvalue weighted by atomic mass is 10.1. The number of hydrogen-bond acceptors (Lipinski definition) is 7. The van der Waals surface area contributed by atoms with E-state index >= 15 is 0 Å². The molecule has 9 heteroatoms. The van der Waals surface area contributed by atoms with Crippen LogP contribution in [-0.2, 0) is 14.6 Å². The second-order valence-corrected chi connectivity index (χ2v) is 10.9. The van der Waals surface area contributed by atoms with Crippen LogP contribution in [0, 0.1) is 0 Å². The third-order valence-electron chi connectivity index (χ3n) is 5.78. The van der Waals surface area contributed by atoms with Crippen molar-refractivity contribution < 1.29 is 32.5 Å². The molecule has 36 heavy (non-hydrogen) atoms. The molecule has 1 N–H and O–H groups in total. The van der Waals surface area contributed by atoms with Crippen LogP contribution in [0.15, 0.2) is 72.8 Å². The van der Waals surface area contributed by atoms with Gasteiger partial charge in [0.15, 0.2) is 17.6 Å². The normalized spacial score (nSPS) is 16.6. The summed E-state index contributed by atoms with van der Waals surface area (Å²) in [5.74, 6) is 0.788. The summed E-state index contributed by atoms with van der Waals surface area (Å²) in [6.07, 6.45) is -0.169. The van der Waals surface area contributed by atoms with Gasteiger partial charge in [-0.3, -0.25) is 4.79 Å². The highest BCUT2D eigenvalue weighted by atomic mass is 32.2. The summed E-state index contributed by atoms with van der Waals surface area (Å²) in [6.45, 7) is 0.284. The Kier molecular flexibility index (Phi) is 7.81. The second kappa shape index (κ2) is 11.0. The van der Waals surface area contributed by atoms with Gasteiger partial charge in [-0.1, -0.05) is 42.5 Å². The van der Waals surface area contributed by atoms with Crippen molar-refractivity contribution in [2.75, 3.05) is 37.2 Å². The van der Waals surface area contributed by atoms with Gasteiger partial charge in [-0.05, 0) is 35.4 Å². The van der Waals surface area contributed by atoms with E-state index in [1.165, 1.54) is 7.11 Å². The summed E-state index contributed by atoms with van der Waals surface area (Å²) in [4.78, 5) is 14.7. The van der Waals surface area contributed by atoms with Crippen LogP contribution >= 0.6 is 0 Å². The maximum Gasteiger partial charge on any atom is 0.268 e. The van der Waals surface area contributed by atoms with Gasteiger partial charge in [0.1, 0.15) is 28.3 Å². The summed E-state index contributed by atoms with van der Waals surface area (Å²) in [7, 11) is -1.86. The number of ether oxygens (including phenoxy) is 3. The van der Waals surface area contributed by atoms with Gasteiger partial charge in [0, 0.05) is 31.0 Å². The molecule has 1 unspecified atom stereocenters. The van der Waals surface area contributed by atoms with Crippen molar-refractivity contribution in [3.63, 3.8) is 0 Å². The minimum absolute atomic E-state index is 0.151. The van der Waals surface area contributed by atoms with Gasteiger partial charge in [0.05, 0.1) is 12.9 Å². The Morgan fingerprint density at radius 1 is 1.00 bits per heavy atom. The van der Waals surface area contributed by atoms with E-state index in [1.807, 2.05) is 54.6 Å². The zero-order chi connectivity index (χ0) is 25.7. The van der Waals surface area contributed by atoms with Crippen LogP contribution in [0.2, 0.25) is 0 Å². The molecular weight excluding hydrogens is 482 g/mol. The van der Waals surface area contributed by atoms with E-state index in [0.717, 1.165) is 17.4 Å². The fourth-order valence-electron chi connectivity index (χ4n) is 4.07. The molecule has 0 spiro atoms. The molecule has 4 rings (SSSR count). The lowest BCUT2D eigenvalue weighted by Gasteiger charge is -2.20. The standard InChI is InChI=1S/C27H29NO7S/c1-33-26-16-21(10-13-24(26)34-17-22(29)18-36(2,31)32)28-15-14-25(27(28)30)35-23-11-8-20(9-12-23)19-6-4-3-5-7-19/h3-13,16,22,25,29H,14-15,17-18H2,1-2H3/t22-,25?/m1/s1. The van der Waals surface area contributed by atoms with E-state index in [0.29, 0.717) is 35.9 Å². The Morgan fingerprint density at radius 2 is 1.69 bits per heavy atom. The quantitative estimate of drug-likeness (QED) is 0.445. The number of nitrogens with zero attached hydrogens (tertiary/aromatic N) is 1. The Bertz CT molecular complexity index is 1290. The largest absolute Gasteiger partial charge is 0.493 e. The van der Waals surface area contributed by atoms with Crippen LogP contribution < -0.4 is 19.1 Å². The number of amides is 1. The number of aliphatic hydroxyl groups is 1. The molecule has 0 bridgehead atoms. The summed E-state index contributed by atoms with van der Waals surface area (Å²) in [5, 5.41) is 9.88. The van der Waals surface area contributed by atoms with E-state index in [1.54, 1.807) is 23.1 Å². The predicted molar refractivity (Wildman–Crippen MR) is 137 cm³/mol. The number of carbonyl (C=O) groups excluding carboxylic acids is 1. The lowest BCUT2D eigenvalue weighted by molar-refractivity contribution is -0.122. The van der Waals surface area contributed by atoms with Crippen molar-refractivity contribution in [2.24, 2.45) is 0 Å². The van der Waals surface area contributed by atoms with Crippen molar-refractivity contribution in [1.82, 2.24) is 0 Å². The molecular formula is C27H29NO7S. The van der Waals surface area contributed by atoms with E-state index in [2.05, 4.69) is 0 Å². The van der Waals surface area contributed by atoms with Gasteiger partial charge in [-0.15, -0.1) is 0 Å². The van der Waals surface area contributed by atoms with Crippen LogP contribution in [0.4, 0.5) is 5.69 Å². The first-order chi connectivity index (χ1) is 17.2. The minimum atomic E-state index is -3.33. The van der Waals surface area contributed by atoms with Gasteiger partial charge in [0.2, 0.25) is 0 Å². The lowest BCUT2D eigenvalue weighted by Crippen LogP contribution is -2.32. The van der Waals surface area contributed by atoms with Crippen LogP contribution in [0.3, 0.4) is 0 Å². The smallest absolute Gasteiger partial charge is 0.268 e. The number of sulfone groups is 1. The second-order valence-electron chi connectivity index (χ2n) is 8.67. The van der Waals surface area contributed by atoms with Crippen LogP contribution in [0.25, 0.3) is 11.1 Å². The highest BCUT2D eigenvalue weighted by molar-refractivity contribution is 7.90. The van der Waals surface area contributed by atoms with Gasteiger partial charge in [0.25, 0.3) is 5.91 Å². The zero-order valence-corrected chi connectivity index (χ0v) is 21.0. The highest BCUT2D eigenvalue weighted by Crippen LogP contribution is 2.34. The number of carbonyl (C=O) groups is 1. The van der Waals surface area contributed by atoms with E-state index in [-0.39, 0.29) is 12.5 Å². The fourth-order valence-corrected chi connectivity index (χ4v) is 4.86. The van der Waals surface area contributed by atoms with Gasteiger partial charge in [-0.25, -0.2) is 8.42 Å². The average Bonchev–Trinajstić information content (AvgIpc) is 3.22. The number of aliphatic hydroxyl groups excluding tert-OH is 1. The highest BCUT2D eigenvalue weighted by Gasteiger charge is 2.34. The fraction of sp³-hybridized carbons (Fsp3) is 0.296. The first-order valence-corrected chi connectivity index (χ1v) is 13.6. The van der Waals surface area contributed by atoms with Crippen LogP contribution in [-0.4, -0.2) is 63.9 Å². The van der Waals surface area contributed by atoms with Crippen molar-refractivity contribution in [3.05, 3.63) is 72.8 Å². The van der Waals surface area contributed by atoms with Crippen molar-refractivity contribution in [2.45, 2.75) is 18.6 Å². The number of methoxy groups -OCH3 is 1. The predicted octanol–water partition coefficient (Wildman–Crippen LogP) is 3.33. The molecule has 1 aliphatic rings. The van der Waals surface area contributed by atoms with E-state index in [4.69, 9.17) is 14.2 Å². The maximum atomic E-state index is 13.1. The summed E-state index contributed by atoms with van der Waals surface area (Å²) in [5.41, 5.74) is 2.81. The average molecular weight is 512 g/mol. The molecule has 1 heterocycles. The van der Waals surface area contributed by atoms with Gasteiger partial charge >= 0.3 is 0 Å². The summed E-state index contributed by atoms with van der Waals surface area (Å²) in [6, 6.07) is 22.7. The molecule has 0 aromatic heterocycles. The van der Waals surface area contributed by atoms with Crippen molar-refractivity contribution in [3.8, 4) is 28.4 Å². The Labute approximate surface area is 211 Å². The molecule has 1 amide bonds. The SMILES string of the molecule is COc1cc(N2CCC(Oc3ccc(-c4ccccc4)cc3)C2=O)ccc1OC[C@@H](O)CS(C)(=O)=O. The Balaban J connectivity index is 1.39. The van der Waals surface area contributed by atoms with E-state index < -0.39 is 27.8 Å². The molecule has 0 saturated carbocycles. The molecule has 190 valence electrons. The molecule has 1 aliphatic heterocycles. The van der Waals surface area contributed by atoms with Gasteiger partial charge < -0.3 is 24.2 Å². The number of hydrogen-bond donors (Lipinski definition) is 1. The van der Waals surface area contributed by atoms with Gasteiger partial charge in [-0.2, -0.15) is 0 Å². The molecule has 0 radical (unpaired) electrons. The third-order valence-corrected chi connectivity index (χ3v) is 6.77. The molecule has 0 aliphatic carbocycles. The molecule has 1 fully saturated rings. The van der Waals surface area contributed by atoms with Crippen LogP contribution in [0.1, 0.15) is 6.42 Å². The monoisotopic (exact) mass is 511 g/mol. The first-order valence-electron chi connectivity index (χ1n) is 11.5. The number of benzene rings is 3. The molecule has 2 atom stereocenters. The van der Waals surface area contributed by atoms with Crippen LogP contribution in [0.5, 0.6) is 17.2 Å². The van der Waals surface area contributed by atoms with E-state index in [9.17, 15) is 18.3 Å². The first kappa shape index (κ1) is 25.5. The number of rotatable bonds is 10. The zero-order valence-electron chi connectivity index (χ0n) is 20.2. The summed E-state index contributed by atoms with van der Waals surface area (Å²) >= 11 is 0. The minimum Gasteiger partial charge on any atom is -0.493 e. The van der Waals surface area contributed by atoms with Crippen molar-refractivity contribution >= 4 is 21.4 Å². The summed E-state index contributed by atoms with van der Waals surface area (Å²) < 4.78 is 39.6. The maximum absolute atomic E-state index is 13.1. The molecule has 3 aromatic carbocycles. The third kappa shape index (κ3) is 6.35. The molecule has 3 aromatic rings. The molecule has 1 saturated heterocycles. The van der Waals surface area contributed by atoms with Crippen molar-refractivity contribution in [1.29, 1.82) is 0 Å². The Hall–Kier alpha value is -3.56. The molecule has 8 nitrogen and oxygen atoms in total. The topological polar surface area (TPSA) is 102 Å². The Morgan fingerprint density at radius 3 is 2.36 bits per heavy atom.